The monoisotopic (exact) mass is 931 g/mol. The average molecular weight is 932 g/mol. The Morgan fingerprint density at radius 1 is 0.429 bits per heavy atom. The summed E-state index contributed by atoms with van der Waals surface area (Å²) in [6.45, 7) is 0. The molecule has 2 N–H and O–H groups in total. The Kier molecular flexibility index (Phi) is 8.63. The minimum atomic E-state index is 0.558. The van der Waals surface area contributed by atoms with Crippen LogP contribution >= 0.6 is 22.7 Å². The van der Waals surface area contributed by atoms with Gasteiger partial charge in [0.15, 0.2) is 5.58 Å². The first-order valence-electron chi connectivity index (χ1n) is 23.4. The number of hydrogen-bond donors (Lipinski definition) is 2. The molecule has 0 bridgehead atoms. The van der Waals surface area contributed by atoms with Gasteiger partial charge < -0.3 is 18.8 Å². The van der Waals surface area contributed by atoms with E-state index in [-0.39, 0.29) is 0 Å². The van der Waals surface area contributed by atoms with Gasteiger partial charge in [-0.25, -0.2) is 4.98 Å². The Morgan fingerprint density at radius 2 is 1.16 bits per heavy atom. The number of hydrogen-bond acceptors (Lipinski definition) is 5. The van der Waals surface area contributed by atoms with Gasteiger partial charge in [0.25, 0.3) is 0 Å². The van der Waals surface area contributed by atoms with Gasteiger partial charge >= 0.3 is 0 Å². The maximum Gasteiger partial charge on any atom is 0.228 e. The second kappa shape index (κ2) is 15.4. The first-order valence-corrected chi connectivity index (χ1v) is 25.1. The van der Waals surface area contributed by atoms with Crippen LogP contribution in [0.4, 0.5) is 0 Å². The fraction of sp³-hybridized carbons (Fsp3) is 0. The summed E-state index contributed by atoms with van der Waals surface area (Å²) >= 11 is 3.67. The van der Waals surface area contributed by atoms with E-state index in [1.54, 1.807) is 0 Å². The van der Waals surface area contributed by atoms with Gasteiger partial charge in [-0.1, -0.05) is 140 Å². The SMILES string of the molecule is c1ccc(-c2c(-c3nc4ccccc4o3)cc3[nH]c4c(-c5cc6ccccc6[nH]5)c(-c5cccc6sc7ccccc7c56)c(-c5cc6ccccc6s5)c(-c5ccco5)c4c3c2-c2ccccc2)cc1. The predicted octanol–water partition coefficient (Wildman–Crippen LogP) is 18.8. The van der Waals surface area contributed by atoms with Crippen LogP contribution in [0.15, 0.2) is 221 Å². The zero-order valence-electron chi connectivity index (χ0n) is 37.3. The third kappa shape index (κ3) is 5.92. The summed E-state index contributed by atoms with van der Waals surface area (Å²) in [6, 6.07) is 73.6. The summed E-state index contributed by atoms with van der Waals surface area (Å²) in [7, 11) is 0. The van der Waals surface area contributed by atoms with E-state index in [4.69, 9.17) is 13.8 Å². The summed E-state index contributed by atoms with van der Waals surface area (Å²) < 4.78 is 17.2. The zero-order valence-corrected chi connectivity index (χ0v) is 38.9. The quantitative estimate of drug-likeness (QED) is 0.167. The van der Waals surface area contributed by atoms with E-state index in [0.29, 0.717) is 5.89 Å². The number of benzene rings is 9. The zero-order chi connectivity index (χ0) is 45.9. The molecule has 6 aromatic heterocycles. The molecular weight excluding hydrogens is 895 g/mol. The average Bonchev–Trinajstić information content (AvgIpc) is 4.28. The van der Waals surface area contributed by atoms with Gasteiger partial charge in [-0.15, -0.1) is 22.7 Å². The summed E-state index contributed by atoms with van der Waals surface area (Å²) in [5.41, 5.74) is 16.2. The molecule has 6 heterocycles. The van der Waals surface area contributed by atoms with Crippen LogP contribution in [0.5, 0.6) is 0 Å². The molecule has 0 amide bonds. The van der Waals surface area contributed by atoms with E-state index in [2.05, 4.69) is 186 Å². The van der Waals surface area contributed by atoms with Gasteiger partial charge in [0.05, 0.1) is 11.8 Å². The number of nitrogens with one attached hydrogen (secondary N) is 2. The van der Waals surface area contributed by atoms with Crippen LogP contribution in [-0.2, 0) is 0 Å². The molecule has 0 aliphatic rings. The van der Waals surface area contributed by atoms with Crippen LogP contribution in [0.1, 0.15) is 0 Å². The lowest BCUT2D eigenvalue weighted by Gasteiger charge is -2.22. The van der Waals surface area contributed by atoms with Crippen molar-refractivity contribution >= 4 is 96.7 Å². The summed E-state index contributed by atoms with van der Waals surface area (Å²) in [5, 5.41) is 6.96. The Bertz CT molecular complexity index is 4430. The summed E-state index contributed by atoms with van der Waals surface area (Å²) in [6.07, 6.45) is 1.81. The Labute approximate surface area is 408 Å². The molecule has 0 radical (unpaired) electrons. The van der Waals surface area contributed by atoms with Gasteiger partial charge in [-0.3, -0.25) is 0 Å². The fourth-order valence-corrected chi connectivity index (χ4v) is 13.3. The topological polar surface area (TPSA) is 70.8 Å². The van der Waals surface area contributed by atoms with Crippen molar-refractivity contribution in [3.63, 3.8) is 0 Å². The van der Waals surface area contributed by atoms with E-state index in [1.807, 2.05) is 59.3 Å². The van der Waals surface area contributed by atoms with Gasteiger partial charge in [0.2, 0.25) is 5.89 Å². The molecule has 15 rings (SSSR count). The molecule has 0 saturated heterocycles. The van der Waals surface area contributed by atoms with Crippen LogP contribution in [0.2, 0.25) is 0 Å². The highest BCUT2D eigenvalue weighted by Gasteiger charge is 2.33. The van der Waals surface area contributed by atoms with Crippen molar-refractivity contribution in [2.75, 3.05) is 0 Å². The van der Waals surface area contributed by atoms with E-state index in [1.165, 1.54) is 30.3 Å². The Morgan fingerprint density at radius 3 is 1.96 bits per heavy atom. The molecule has 7 heteroatoms. The number of rotatable bonds is 7. The second-order valence-corrected chi connectivity index (χ2v) is 20.0. The van der Waals surface area contributed by atoms with Gasteiger partial charge in [0, 0.05) is 102 Å². The number of oxazole rings is 1. The molecular formula is C63H37N3O2S2. The van der Waals surface area contributed by atoms with E-state index < -0.39 is 0 Å². The van der Waals surface area contributed by atoms with Crippen molar-refractivity contribution < 1.29 is 8.83 Å². The number of furan rings is 1. The smallest absolute Gasteiger partial charge is 0.228 e. The molecule has 15 aromatic rings. The second-order valence-electron chi connectivity index (χ2n) is 17.9. The van der Waals surface area contributed by atoms with Crippen LogP contribution < -0.4 is 0 Å². The van der Waals surface area contributed by atoms with E-state index >= 15 is 0 Å². The minimum Gasteiger partial charge on any atom is -0.464 e. The standard InChI is InChI=1S/C63H37N3O2S2/c1-3-17-36(18-4-1)53-42(63-66-44-26-11-12-27-47(44)68-63)35-46-57(54(53)37-19-5-2-6-20-37)61-59(48-28-16-32-67-48)60(52-34-39-22-8-13-29-49(39)69-52)56(41-24-15-31-51-55(41)40-23-9-14-30-50(40)70-51)58(62(61)65-46)45-33-38-21-7-10-25-43(38)64-45/h1-35,64-65H. The highest BCUT2D eigenvalue weighted by molar-refractivity contribution is 7.26. The van der Waals surface area contributed by atoms with Crippen molar-refractivity contribution in [1.82, 2.24) is 15.0 Å². The third-order valence-electron chi connectivity index (χ3n) is 13.9. The summed E-state index contributed by atoms with van der Waals surface area (Å²) in [4.78, 5) is 14.5. The van der Waals surface area contributed by atoms with Gasteiger partial charge in [0.1, 0.15) is 11.3 Å². The molecule has 0 saturated carbocycles. The molecule has 0 unspecified atom stereocenters. The first kappa shape index (κ1) is 39.3. The molecule has 0 aliphatic carbocycles. The van der Waals surface area contributed by atoms with Crippen molar-refractivity contribution in [1.29, 1.82) is 0 Å². The van der Waals surface area contributed by atoms with Crippen molar-refractivity contribution in [2.24, 2.45) is 0 Å². The molecule has 0 atom stereocenters. The number of fused-ring (bicyclic) bond motifs is 9. The Hall–Kier alpha value is -8.75. The third-order valence-corrected chi connectivity index (χ3v) is 16.2. The fourth-order valence-electron chi connectivity index (χ4n) is 11.0. The van der Waals surface area contributed by atoms with Crippen LogP contribution in [-0.4, -0.2) is 15.0 Å². The summed E-state index contributed by atoms with van der Waals surface area (Å²) in [5.74, 6) is 1.34. The number of para-hydroxylation sites is 3. The van der Waals surface area contributed by atoms with Crippen molar-refractivity contribution in [3.8, 4) is 77.9 Å². The number of aromatic amines is 2. The largest absolute Gasteiger partial charge is 0.464 e. The van der Waals surface area contributed by atoms with Crippen LogP contribution in [0, 0.1) is 0 Å². The normalized spacial score (nSPS) is 12.0. The molecule has 70 heavy (non-hydrogen) atoms. The maximum absolute atomic E-state index is 6.76. The minimum absolute atomic E-state index is 0.558. The van der Waals surface area contributed by atoms with Crippen molar-refractivity contribution in [2.45, 2.75) is 0 Å². The van der Waals surface area contributed by atoms with Gasteiger partial charge in [-0.05, 0) is 88.8 Å². The highest BCUT2D eigenvalue weighted by atomic mass is 32.1. The molecule has 328 valence electrons. The van der Waals surface area contributed by atoms with Crippen LogP contribution in [0.3, 0.4) is 0 Å². The highest BCUT2D eigenvalue weighted by Crippen LogP contribution is 2.58. The lowest BCUT2D eigenvalue weighted by molar-refractivity contribution is 0.583. The van der Waals surface area contributed by atoms with Gasteiger partial charge in [-0.2, -0.15) is 0 Å². The molecule has 0 spiro atoms. The lowest BCUT2D eigenvalue weighted by atomic mass is 9.81. The van der Waals surface area contributed by atoms with E-state index in [9.17, 15) is 0 Å². The molecule has 0 fully saturated rings. The van der Waals surface area contributed by atoms with Crippen LogP contribution in [0.25, 0.3) is 152 Å². The molecule has 0 aliphatic heterocycles. The van der Waals surface area contributed by atoms with Crippen molar-refractivity contribution in [3.05, 3.63) is 213 Å². The maximum atomic E-state index is 6.76. The number of nitrogens with zero attached hydrogens (tertiary/aromatic N) is 1. The molecule has 9 aromatic carbocycles. The predicted molar refractivity (Wildman–Crippen MR) is 294 cm³/mol. The first-order chi connectivity index (χ1) is 34.7. The number of aromatic nitrogens is 3. The number of thiophene rings is 2. The number of H-pyrrole nitrogens is 2. The Balaban J connectivity index is 1.23. The van der Waals surface area contributed by atoms with E-state index in [0.717, 1.165) is 116 Å². The molecule has 5 nitrogen and oxygen atoms in total. The lowest BCUT2D eigenvalue weighted by Crippen LogP contribution is -1.97.